The van der Waals surface area contributed by atoms with Crippen LogP contribution in [0.4, 0.5) is 5.69 Å². The number of carboxylic acids is 1. The van der Waals surface area contributed by atoms with Crippen LogP contribution in [0, 0.1) is 0 Å². The highest BCUT2D eigenvalue weighted by molar-refractivity contribution is 7.98. The molecule has 2 aromatic rings. The van der Waals surface area contributed by atoms with E-state index in [1.165, 1.54) is 30.0 Å². The Labute approximate surface area is 125 Å². The standard InChI is InChI=1S/C15H13NO4S/c1-21-13-5-3-2-4-10(13)14(18)16-11-8-9(15(19)20)6-7-12(11)17/h2-8,17H,1H3,(H,16,18)(H,19,20). The van der Waals surface area contributed by atoms with Crippen LogP contribution >= 0.6 is 11.8 Å². The van der Waals surface area contributed by atoms with Crippen LogP contribution in [-0.4, -0.2) is 28.3 Å². The van der Waals surface area contributed by atoms with Crippen LogP contribution in [0.5, 0.6) is 5.75 Å². The van der Waals surface area contributed by atoms with Crippen molar-refractivity contribution in [2.24, 2.45) is 0 Å². The van der Waals surface area contributed by atoms with Crippen molar-refractivity contribution in [2.75, 3.05) is 11.6 Å². The molecule has 0 aliphatic heterocycles. The third-order valence-electron chi connectivity index (χ3n) is 2.84. The summed E-state index contributed by atoms with van der Waals surface area (Å²) >= 11 is 1.43. The van der Waals surface area contributed by atoms with E-state index >= 15 is 0 Å². The van der Waals surface area contributed by atoms with Crippen LogP contribution in [0.1, 0.15) is 20.7 Å². The number of rotatable bonds is 4. The first-order chi connectivity index (χ1) is 10.0. The Morgan fingerprint density at radius 2 is 1.86 bits per heavy atom. The van der Waals surface area contributed by atoms with E-state index in [2.05, 4.69) is 5.32 Å². The molecule has 0 radical (unpaired) electrons. The van der Waals surface area contributed by atoms with Crippen molar-refractivity contribution in [3.63, 3.8) is 0 Å². The molecule has 0 saturated carbocycles. The summed E-state index contributed by atoms with van der Waals surface area (Å²) in [6, 6.07) is 10.8. The Morgan fingerprint density at radius 3 is 2.52 bits per heavy atom. The van der Waals surface area contributed by atoms with Crippen molar-refractivity contribution in [1.82, 2.24) is 0 Å². The molecular formula is C15H13NO4S. The van der Waals surface area contributed by atoms with E-state index in [1.807, 2.05) is 18.4 Å². The molecule has 0 atom stereocenters. The first-order valence-electron chi connectivity index (χ1n) is 6.03. The largest absolute Gasteiger partial charge is 0.506 e. The van der Waals surface area contributed by atoms with Gasteiger partial charge in [-0.25, -0.2) is 4.79 Å². The third kappa shape index (κ3) is 3.35. The summed E-state index contributed by atoms with van der Waals surface area (Å²) in [6.07, 6.45) is 1.86. The van der Waals surface area contributed by atoms with Crippen LogP contribution in [0.25, 0.3) is 0 Å². The van der Waals surface area contributed by atoms with Crippen LogP contribution in [0.2, 0.25) is 0 Å². The topological polar surface area (TPSA) is 86.6 Å². The molecule has 5 nitrogen and oxygen atoms in total. The zero-order chi connectivity index (χ0) is 15.4. The lowest BCUT2D eigenvalue weighted by Crippen LogP contribution is -2.13. The number of benzene rings is 2. The number of aromatic hydroxyl groups is 1. The SMILES string of the molecule is CSc1ccccc1C(=O)Nc1cc(C(=O)O)ccc1O. The number of amides is 1. The van der Waals surface area contributed by atoms with E-state index in [0.29, 0.717) is 5.56 Å². The Balaban J connectivity index is 2.31. The minimum atomic E-state index is -1.13. The summed E-state index contributed by atoms with van der Waals surface area (Å²) in [4.78, 5) is 24.0. The highest BCUT2D eigenvalue weighted by Crippen LogP contribution is 2.26. The average Bonchev–Trinajstić information content (AvgIpc) is 2.49. The highest BCUT2D eigenvalue weighted by atomic mass is 32.2. The average molecular weight is 303 g/mol. The first-order valence-corrected chi connectivity index (χ1v) is 7.26. The Morgan fingerprint density at radius 1 is 1.14 bits per heavy atom. The molecular weight excluding hydrogens is 290 g/mol. The number of thioether (sulfide) groups is 1. The molecule has 0 bridgehead atoms. The number of aromatic carboxylic acids is 1. The number of anilines is 1. The van der Waals surface area contributed by atoms with E-state index in [1.54, 1.807) is 12.1 Å². The minimum absolute atomic E-state index is 0.0127. The molecule has 0 aromatic heterocycles. The van der Waals surface area contributed by atoms with Gasteiger partial charge in [-0.2, -0.15) is 0 Å². The zero-order valence-corrected chi connectivity index (χ0v) is 12.0. The Bertz CT molecular complexity index is 700. The van der Waals surface area contributed by atoms with Gasteiger partial charge in [0.05, 0.1) is 16.8 Å². The predicted molar refractivity (Wildman–Crippen MR) is 81.2 cm³/mol. The summed E-state index contributed by atoms with van der Waals surface area (Å²) in [5, 5.41) is 21.2. The molecule has 0 heterocycles. The number of phenolic OH excluding ortho intramolecular Hbond substituents is 1. The van der Waals surface area contributed by atoms with Crippen LogP contribution < -0.4 is 5.32 Å². The summed E-state index contributed by atoms with van der Waals surface area (Å²) < 4.78 is 0. The normalized spacial score (nSPS) is 10.1. The number of hydrogen-bond donors (Lipinski definition) is 3. The van der Waals surface area contributed by atoms with E-state index in [4.69, 9.17) is 5.11 Å². The molecule has 0 spiro atoms. The number of carbonyl (C=O) groups is 2. The maximum absolute atomic E-state index is 12.2. The van der Waals surface area contributed by atoms with E-state index in [0.717, 1.165) is 4.90 Å². The molecule has 21 heavy (non-hydrogen) atoms. The predicted octanol–water partition coefficient (Wildman–Crippen LogP) is 3.06. The van der Waals surface area contributed by atoms with Gasteiger partial charge in [-0.15, -0.1) is 11.8 Å². The minimum Gasteiger partial charge on any atom is -0.506 e. The van der Waals surface area contributed by atoms with Gasteiger partial charge in [-0.1, -0.05) is 12.1 Å². The fourth-order valence-electron chi connectivity index (χ4n) is 1.79. The molecule has 108 valence electrons. The van der Waals surface area contributed by atoms with Gasteiger partial charge >= 0.3 is 5.97 Å². The molecule has 0 saturated heterocycles. The number of carboxylic acid groups (broad SMARTS) is 1. The van der Waals surface area contributed by atoms with Crippen LogP contribution in [-0.2, 0) is 0 Å². The molecule has 2 aromatic carbocycles. The molecule has 0 aliphatic rings. The summed E-state index contributed by atoms with van der Waals surface area (Å²) in [5.74, 6) is -1.72. The number of hydrogen-bond acceptors (Lipinski definition) is 4. The van der Waals surface area contributed by atoms with Crippen molar-refractivity contribution >= 4 is 29.3 Å². The smallest absolute Gasteiger partial charge is 0.335 e. The molecule has 3 N–H and O–H groups in total. The van der Waals surface area contributed by atoms with Gasteiger partial charge in [-0.3, -0.25) is 4.79 Å². The number of carbonyl (C=O) groups excluding carboxylic acids is 1. The molecule has 1 amide bonds. The fourth-order valence-corrected chi connectivity index (χ4v) is 2.39. The van der Waals surface area contributed by atoms with Gasteiger partial charge in [0.15, 0.2) is 0 Å². The number of nitrogens with one attached hydrogen (secondary N) is 1. The molecule has 0 fully saturated rings. The monoisotopic (exact) mass is 303 g/mol. The van der Waals surface area contributed by atoms with Gasteiger partial charge in [0, 0.05) is 4.90 Å². The molecule has 2 rings (SSSR count). The van der Waals surface area contributed by atoms with E-state index in [9.17, 15) is 14.7 Å². The third-order valence-corrected chi connectivity index (χ3v) is 3.64. The molecule has 6 heteroatoms. The summed E-state index contributed by atoms with van der Waals surface area (Å²) in [5.41, 5.74) is 0.516. The molecule has 0 unspecified atom stereocenters. The van der Waals surface area contributed by atoms with Gasteiger partial charge in [0.25, 0.3) is 5.91 Å². The summed E-state index contributed by atoms with van der Waals surface area (Å²) in [7, 11) is 0. The number of phenols is 1. The second-order valence-corrected chi connectivity index (χ2v) is 5.04. The quantitative estimate of drug-likeness (QED) is 0.597. The van der Waals surface area contributed by atoms with Crippen molar-refractivity contribution in [1.29, 1.82) is 0 Å². The lowest BCUT2D eigenvalue weighted by molar-refractivity contribution is 0.0696. The fraction of sp³-hybridized carbons (Fsp3) is 0.0667. The first kappa shape index (κ1) is 14.9. The van der Waals surface area contributed by atoms with Gasteiger partial charge < -0.3 is 15.5 Å². The highest BCUT2D eigenvalue weighted by Gasteiger charge is 2.14. The second-order valence-electron chi connectivity index (χ2n) is 4.19. The van der Waals surface area contributed by atoms with Gasteiger partial charge in [-0.05, 0) is 36.6 Å². The van der Waals surface area contributed by atoms with Gasteiger partial charge in [0.2, 0.25) is 0 Å². The summed E-state index contributed by atoms with van der Waals surface area (Å²) in [6.45, 7) is 0. The van der Waals surface area contributed by atoms with Crippen molar-refractivity contribution < 1.29 is 19.8 Å². The Hall–Kier alpha value is -2.47. The van der Waals surface area contributed by atoms with Crippen LogP contribution in [0.15, 0.2) is 47.4 Å². The lowest BCUT2D eigenvalue weighted by Gasteiger charge is -2.10. The second kappa shape index (κ2) is 6.32. The van der Waals surface area contributed by atoms with E-state index in [-0.39, 0.29) is 17.0 Å². The zero-order valence-electron chi connectivity index (χ0n) is 11.2. The van der Waals surface area contributed by atoms with E-state index < -0.39 is 11.9 Å². The van der Waals surface area contributed by atoms with Crippen molar-refractivity contribution in [3.05, 3.63) is 53.6 Å². The molecule has 0 aliphatic carbocycles. The lowest BCUT2D eigenvalue weighted by atomic mass is 10.1. The maximum atomic E-state index is 12.2. The maximum Gasteiger partial charge on any atom is 0.335 e. The van der Waals surface area contributed by atoms with Crippen molar-refractivity contribution in [3.8, 4) is 5.75 Å². The van der Waals surface area contributed by atoms with Crippen molar-refractivity contribution in [2.45, 2.75) is 4.90 Å². The Kier molecular flexibility index (Phi) is 4.49. The van der Waals surface area contributed by atoms with Gasteiger partial charge in [0.1, 0.15) is 5.75 Å². The van der Waals surface area contributed by atoms with Crippen LogP contribution in [0.3, 0.4) is 0 Å².